The lowest BCUT2D eigenvalue weighted by molar-refractivity contribution is 0.0913. The molecule has 1 aromatic carbocycles. The summed E-state index contributed by atoms with van der Waals surface area (Å²) in [4.78, 5) is 21.2. The van der Waals surface area contributed by atoms with E-state index in [1.165, 1.54) is 0 Å². The smallest absolute Gasteiger partial charge is 0.254 e. The number of carbonyl (C=O) groups is 1. The molecule has 1 aliphatic rings. The van der Waals surface area contributed by atoms with Gasteiger partial charge in [0, 0.05) is 30.4 Å². The largest absolute Gasteiger partial charge is 0.396 e. The molecule has 3 aromatic rings. The van der Waals surface area contributed by atoms with Gasteiger partial charge in [-0.3, -0.25) is 4.79 Å². The lowest BCUT2D eigenvalue weighted by atomic mass is 9.86. The number of fused-ring (bicyclic) bond motifs is 1. The third-order valence-corrected chi connectivity index (χ3v) is 5.30. The molecule has 4 rings (SSSR count). The highest BCUT2D eigenvalue weighted by molar-refractivity contribution is 5.93. The number of hydrogen-bond donors (Lipinski definition) is 2. The number of hydrogen-bond acceptors (Lipinski definition) is 5. The van der Waals surface area contributed by atoms with E-state index in [1.54, 1.807) is 17.1 Å². The van der Waals surface area contributed by atoms with Crippen LogP contribution in [0.2, 0.25) is 0 Å². The van der Waals surface area contributed by atoms with Gasteiger partial charge in [-0.25, -0.2) is 9.97 Å². The van der Waals surface area contributed by atoms with E-state index in [-0.39, 0.29) is 18.6 Å². The Kier molecular flexibility index (Phi) is 4.85. The zero-order chi connectivity index (χ0) is 18.8. The summed E-state index contributed by atoms with van der Waals surface area (Å²) in [6, 6.07) is 8.07. The Bertz CT molecular complexity index is 943. The number of aliphatic hydroxyl groups is 1. The highest BCUT2D eigenvalue weighted by atomic mass is 16.3. The molecule has 140 valence electrons. The van der Waals surface area contributed by atoms with Crippen LogP contribution in [0, 0.1) is 12.8 Å². The minimum Gasteiger partial charge on any atom is -0.396 e. The van der Waals surface area contributed by atoms with Gasteiger partial charge in [0.25, 0.3) is 11.9 Å². The maximum absolute atomic E-state index is 12.5. The first-order valence-corrected chi connectivity index (χ1v) is 9.34. The van der Waals surface area contributed by atoms with Crippen LogP contribution in [0.1, 0.15) is 41.7 Å². The zero-order valence-corrected chi connectivity index (χ0v) is 15.3. The summed E-state index contributed by atoms with van der Waals surface area (Å²) in [5, 5.41) is 17.8. The van der Waals surface area contributed by atoms with Gasteiger partial charge in [0.05, 0.1) is 16.8 Å². The molecule has 7 heteroatoms. The lowest BCUT2D eigenvalue weighted by Gasteiger charge is -2.27. The number of carbonyl (C=O) groups excluding carboxylic acids is 1. The van der Waals surface area contributed by atoms with Crippen molar-refractivity contribution in [1.29, 1.82) is 0 Å². The maximum atomic E-state index is 12.5. The number of aromatic nitrogens is 4. The minimum atomic E-state index is -0.157. The molecule has 0 aliphatic heterocycles. The topological polar surface area (TPSA) is 92.9 Å². The first-order valence-electron chi connectivity index (χ1n) is 9.34. The van der Waals surface area contributed by atoms with Gasteiger partial charge in [-0.2, -0.15) is 9.78 Å². The molecule has 2 heterocycles. The van der Waals surface area contributed by atoms with E-state index in [9.17, 15) is 9.90 Å². The second-order valence-corrected chi connectivity index (χ2v) is 7.16. The summed E-state index contributed by atoms with van der Waals surface area (Å²) >= 11 is 0. The van der Waals surface area contributed by atoms with E-state index < -0.39 is 0 Å². The summed E-state index contributed by atoms with van der Waals surface area (Å²) in [7, 11) is 0. The predicted octanol–water partition coefficient (Wildman–Crippen LogP) is 2.40. The van der Waals surface area contributed by atoms with Crippen LogP contribution in [-0.4, -0.2) is 43.4 Å². The first kappa shape index (κ1) is 17.6. The SMILES string of the molecule is Cc1nn(-c2ncc(C(=O)NC3CCC(CO)CC3)cn2)c2ccccc12. The number of aliphatic hydroxyl groups excluding tert-OH is 1. The van der Waals surface area contributed by atoms with Crippen molar-refractivity contribution in [1.82, 2.24) is 25.1 Å². The minimum absolute atomic E-state index is 0.151. The molecule has 0 spiro atoms. The van der Waals surface area contributed by atoms with Crippen molar-refractivity contribution in [2.75, 3.05) is 6.61 Å². The molecule has 0 saturated heterocycles. The normalized spacial score (nSPS) is 19.9. The predicted molar refractivity (Wildman–Crippen MR) is 102 cm³/mol. The van der Waals surface area contributed by atoms with Gasteiger partial charge in [0.15, 0.2) is 0 Å². The van der Waals surface area contributed by atoms with Gasteiger partial charge < -0.3 is 10.4 Å². The Morgan fingerprint density at radius 3 is 2.59 bits per heavy atom. The molecule has 27 heavy (non-hydrogen) atoms. The van der Waals surface area contributed by atoms with Gasteiger partial charge in [0.1, 0.15) is 0 Å². The van der Waals surface area contributed by atoms with Crippen molar-refractivity contribution in [3.05, 3.63) is 47.9 Å². The summed E-state index contributed by atoms with van der Waals surface area (Å²) in [6.45, 7) is 2.18. The van der Waals surface area contributed by atoms with Crippen LogP contribution in [0.15, 0.2) is 36.7 Å². The van der Waals surface area contributed by atoms with E-state index in [4.69, 9.17) is 0 Å². The van der Waals surface area contributed by atoms with E-state index in [0.717, 1.165) is 42.3 Å². The number of para-hydroxylation sites is 1. The second-order valence-electron chi connectivity index (χ2n) is 7.16. The van der Waals surface area contributed by atoms with Crippen molar-refractivity contribution in [2.24, 2.45) is 5.92 Å². The van der Waals surface area contributed by atoms with E-state index in [0.29, 0.717) is 17.4 Å². The quantitative estimate of drug-likeness (QED) is 0.741. The fraction of sp³-hybridized carbons (Fsp3) is 0.400. The standard InChI is InChI=1S/C20H23N5O2/c1-13-17-4-2-3-5-18(17)25(24-13)20-21-10-15(11-22-20)19(27)23-16-8-6-14(12-26)7-9-16/h2-5,10-11,14,16,26H,6-9,12H2,1H3,(H,23,27). The second kappa shape index (κ2) is 7.44. The van der Waals surface area contributed by atoms with Gasteiger partial charge in [-0.1, -0.05) is 18.2 Å². The van der Waals surface area contributed by atoms with Crippen LogP contribution in [0.3, 0.4) is 0 Å². The summed E-state index contributed by atoms with van der Waals surface area (Å²) in [5.41, 5.74) is 2.29. The van der Waals surface area contributed by atoms with Crippen LogP contribution in [-0.2, 0) is 0 Å². The van der Waals surface area contributed by atoms with E-state index in [1.807, 2.05) is 31.2 Å². The molecule has 0 atom stereocenters. The summed E-state index contributed by atoms with van der Waals surface area (Å²) in [5.74, 6) is 0.655. The molecule has 2 aromatic heterocycles. The molecular weight excluding hydrogens is 342 g/mol. The first-order chi connectivity index (χ1) is 13.2. The molecule has 0 unspecified atom stereocenters. The average Bonchev–Trinajstić information content (AvgIpc) is 3.06. The van der Waals surface area contributed by atoms with Crippen LogP contribution in [0.4, 0.5) is 0 Å². The molecule has 7 nitrogen and oxygen atoms in total. The van der Waals surface area contributed by atoms with Gasteiger partial charge >= 0.3 is 0 Å². The number of benzene rings is 1. The molecule has 1 aliphatic carbocycles. The Labute approximate surface area is 157 Å². The number of nitrogens with one attached hydrogen (secondary N) is 1. The molecule has 1 saturated carbocycles. The van der Waals surface area contributed by atoms with Crippen molar-refractivity contribution < 1.29 is 9.90 Å². The van der Waals surface area contributed by atoms with Gasteiger partial charge in [-0.15, -0.1) is 0 Å². The van der Waals surface area contributed by atoms with Crippen LogP contribution in [0.5, 0.6) is 0 Å². The fourth-order valence-electron chi connectivity index (χ4n) is 3.68. The highest BCUT2D eigenvalue weighted by Gasteiger charge is 2.22. The van der Waals surface area contributed by atoms with Gasteiger partial charge in [0.2, 0.25) is 0 Å². The van der Waals surface area contributed by atoms with Crippen LogP contribution < -0.4 is 5.32 Å². The van der Waals surface area contributed by atoms with Crippen LogP contribution in [0.25, 0.3) is 16.9 Å². The fourth-order valence-corrected chi connectivity index (χ4v) is 3.68. The molecular formula is C20H23N5O2. The van der Waals surface area contributed by atoms with Crippen molar-refractivity contribution >= 4 is 16.8 Å². The van der Waals surface area contributed by atoms with E-state index >= 15 is 0 Å². The molecule has 0 radical (unpaired) electrons. The number of amides is 1. The summed E-state index contributed by atoms with van der Waals surface area (Å²) < 4.78 is 1.70. The number of rotatable bonds is 4. The third-order valence-electron chi connectivity index (χ3n) is 5.30. The Balaban J connectivity index is 1.48. The monoisotopic (exact) mass is 365 g/mol. The third kappa shape index (κ3) is 3.55. The van der Waals surface area contributed by atoms with Crippen molar-refractivity contribution in [2.45, 2.75) is 38.6 Å². The van der Waals surface area contributed by atoms with Gasteiger partial charge in [-0.05, 0) is 44.6 Å². The Morgan fingerprint density at radius 1 is 1.19 bits per heavy atom. The molecule has 1 amide bonds. The van der Waals surface area contributed by atoms with Crippen molar-refractivity contribution in [3.63, 3.8) is 0 Å². The lowest BCUT2D eigenvalue weighted by Crippen LogP contribution is -2.38. The average molecular weight is 365 g/mol. The molecule has 1 fully saturated rings. The maximum Gasteiger partial charge on any atom is 0.254 e. The molecule has 2 N–H and O–H groups in total. The molecule has 0 bridgehead atoms. The number of nitrogens with zero attached hydrogens (tertiary/aromatic N) is 4. The zero-order valence-electron chi connectivity index (χ0n) is 15.3. The van der Waals surface area contributed by atoms with Crippen molar-refractivity contribution in [3.8, 4) is 5.95 Å². The highest BCUT2D eigenvalue weighted by Crippen LogP contribution is 2.24. The van der Waals surface area contributed by atoms with E-state index in [2.05, 4.69) is 20.4 Å². The number of aryl methyl sites for hydroxylation is 1. The Hall–Kier alpha value is -2.80. The Morgan fingerprint density at radius 2 is 1.89 bits per heavy atom. The van der Waals surface area contributed by atoms with Crippen LogP contribution >= 0.6 is 0 Å². The summed E-state index contributed by atoms with van der Waals surface area (Å²) in [6.07, 6.45) is 6.78.